The van der Waals surface area contributed by atoms with Crippen molar-refractivity contribution in [1.29, 1.82) is 0 Å². The highest BCUT2D eigenvalue weighted by Crippen LogP contribution is 2.36. The number of hydrogen-bond donors (Lipinski definition) is 2. The molecule has 284 valence electrons. The van der Waals surface area contributed by atoms with Gasteiger partial charge in [-0.2, -0.15) is 0 Å². The summed E-state index contributed by atoms with van der Waals surface area (Å²) in [6.45, 7) is 3.60. The van der Waals surface area contributed by atoms with Gasteiger partial charge in [0.1, 0.15) is 6.61 Å². The summed E-state index contributed by atoms with van der Waals surface area (Å²) < 4.78 is 26.3. The van der Waals surface area contributed by atoms with Crippen LogP contribution in [0.2, 0.25) is 0 Å². The van der Waals surface area contributed by atoms with Gasteiger partial charge >= 0.3 is 19.8 Å². The van der Waals surface area contributed by atoms with Gasteiger partial charge in [-0.25, -0.2) is 4.57 Å². The molecule has 1 atom stereocenters. The Balaban J connectivity index is 4.06. The Kier molecular flexibility index (Phi) is 34.4. The monoisotopic (exact) mass is 710 g/mol. The number of esters is 2. The van der Waals surface area contributed by atoms with Crippen LogP contribution < -0.4 is 0 Å². The van der Waals surface area contributed by atoms with E-state index in [2.05, 4.69) is 60.9 Å². The molecule has 2 N–H and O–H groups in total. The predicted molar refractivity (Wildman–Crippen MR) is 202 cm³/mol. The lowest BCUT2D eigenvalue weighted by Crippen LogP contribution is -2.29. The Morgan fingerprint density at radius 3 is 1.43 bits per heavy atom. The van der Waals surface area contributed by atoms with Crippen molar-refractivity contribution >= 4 is 19.8 Å². The summed E-state index contributed by atoms with van der Waals surface area (Å²) in [6.07, 6.45) is 42.6. The van der Waals surface area contributed by atoms with Gasteiger partial charge in [0.25, 0.3) is 0 Å². The number of phosphoric acid groups is 1. The number of ether oxygens (including phenoxy) is 2. The highest BCUT2D eigenvalue weighted by Gasteiger charge is 2.22. The van der Waals surface area contributed by atoms with Crippen LogP contribution in [0.25, 0.3) is 0 Å². The predicted octanol–water partition coefficient (Wildman–Crippen LogP) is 11.6. The number of hydrogen-bond acceptors (Lipinski definition) is 6. The summed E-state index contributed by atoms with van der Waals surface area (Å²) >= 11 is 0. The molecule has 0 aromatic rings. The van der Waals surface area contributed by atoms with Crippen LogP contribution in [-0.4, -0.2) is 41.0 Å². The first-order chi connectivity index (χ1) is 23.8. The first kappa shape index (κ1) is 47.0. The number of phosphoric ester groups is 1. The van der Waals surface area contributed by atoms with Crippen LogP contribution in [0.1, 0.15) is 174 Å². The smallest absolute Gasteiger partial charge is 0.462 e. The standard InChI is InChI=1S/C40H71O8P/c1-3-5-7-9-11-13-15-17-19-20-21-23-25-27-29-31-33-35-40(42)48-38(37-47-49(43,44)45)36-46-39(41)34-32-30-28-26-24-22-18-16-14-12-10-8-6-4-2/h11,13,17,19,21,23,27,29,38H,3-10,12,14-16,18,20,22,24-26,28,30-37H2,1-2H3,(H2,43,44,45)/b13-11+,19-17+,23-21+,29-27+/t38-/m1/s1. The van der Waals surface area contributed by atoms with E-state index >= 15 is 0 Å². The zero-order chi connectivity index (χ0) is 36.1. The molecule has 0 rings (SSSR count). The lowest BCUT2D eigenvalue weighted by molar-refractivity contribution is -0.161. The number of rotatable bonds is 35. The first-order valence-electron chi connectivity index (χ1n) is 19.4. The largest absolute Gasteiger partial charge is 0.469 e. The molecule has 0 aliphatic rings. The van der Waals surface area contributed by atoms with Crippen molar-refractivity contribution in [3.63, 3.8) is 0 Å². The van der Waals surface area contributed by atoms with Crippen molar-refractivity contribution < 1.29 is 37.9 Å². The number of carbonyl (C=O) groups is 2. The van der Waals surface area contributed by atoms with Crippen molar-refractivity contribution in [2.45, 2.75) is 180 Å². The van der Waals surface area contributed by atoms with Gasteiger partial charge in [0, 0.05) is 12.8 Å². The third kappa shape index (κ3) is 38.7. The molecule has 0 unspecified atom stereocenters. The van der Waals surface area contributed by atoms with Crippen LogP contribution in [0.4, 0.5) is 0 Å². The quantitative estimate of drug-likeness (QED) is 0.0289. The minimum Gasteiger partial charge on any atom is -0.462 e. The average molecular weight is 711 g/mol. The van der Waals surface area contributed by atoms with Crippen LogP contribution >= 0.6 is 7.82 Å². The van der Waals surface area contributed by atoms with E-state index in [1.807, 2.05) is 6.08 Å². The number of carbonyl (C=O) groups excluding carboxylic acids is 2. The molecule has 0 saturated heterocycles. The second-order valence-electron chi connectivity index (χ2n) is 12.9. The molecule has 0 heterocycles. The summed E-state index contributed by atoms with van der Waals surface area (Å²) in [6, 6.07) is 0. The van der Waals surface area contributed by atoms with Crippen molar-refractivity contribution in [3.8, 4) is 0 Å². The molecule has 0 spiro atoms. The van der Waals surface area contributed by atoms with Gasteiger partial charge in [0.2, 0.25) is 0 Å². The maximum atomic E-state index is 12.3. The molecule has 0 aromatic heterocycles. The lowest BCUT2D eigenvalue weighted by atomic mass is 10.0. The van der Waals surface area contributed by atoms with E-state index in [9.17, 15) is 14.2 Å². The minimum absolute atomic E-state index is 0.136. The second-order valence-corrected chi connectivity index (χ2v) is 14.1. The summed E-state index contributed by atoms with van der Waals surface area (Å²) in [4.78, 5) is 42.7. The van der Waals surface area contributed by atoms with Crippen molar-refractivity contribution in [2.75, 3.05) is 13.2 Å². The normalized spacial score (nSPS) is 13.0. The molecule has 0 aromatic carbocycles. The fourth-order valence-electron chi connectivity index (χ4n) is 5.19. The van der Waals surface area contributed by atoms with Crippen LogP contribution in [-0.2, 0) is 28.2 Å². The van der Waals surface area contributed by atoms with Crippen molar-refractivity contribution in [3.05, 3.63) is 48.6 Å². The zero-order valence-corrected chi connectivity index (χ0v) is 32.0. The average Bonchev–Trinajstić information content (AvgIpc) is 3.07. The van der Waals surface area contributed by atoms with Gasteiger partial charge in [0.15, 0.2) is 6.10 Å². The maximum absolute atomic E-state index is 12.3. The highest BCUT2D eigenvalue weighted by molar-refractivity contribution is 7.46. The molecule has 0 aliphatic carbocycles. The van der Waals surface area contributed by atoms with Crippen molar-refractivity contribution in [2.24, 2.45) is 0 Å². The zero-order valence-electron chi connectivity index (χ0n) is 31.1. The Bertz CT molecular complexity index is 937. The molecule has 0 radical (unpaired) electrons. The molecule has 8 nitrogen and oxygen atoms in total. The minimum atomic E-state index is -4.76. The van der Waals surface area contributed by atoms with E-state index in [0.717, 1.165) is 38.5 Å². The third-order valence-electron chi connectivity index (χ3n) is 8.10. The first-order valence-corrected chi connectivity index (χ1v) is 21.0. The highest BCUT2D eigenvalue weighted by atomic mass is 31.2. The summed E-state index contributed by atoms with van der Waals surface area (Å²) in [5.74, 6) is -0.949. The number of unbranched alkanes of at least 4 members (excludes halogenated alkanes) is 17. The Hall–Kier alpha value is -1.99. The van der Waals surface area contributed by atoms with Gasteiger partial charge in [-0.05, 0) is 51.4 Å². The molecule has 0 saturated carbocycles. The summed E-state index contributed by atoms with van der Waals surface area (Å²) in [5.41, 5.74) is 0. The summed E-state index contributed by atoms with van der Waals surface area (Å²) in [5, 5.41) is 0. The van der Waals surface area contributed by atoms with Crippen LogP contribution in [0.15, 0.2) is 48.6 Å². The Morgan fingerprint density at radius 1 is 0.531 bits per heavy atom. The fourth-order valence-corrected chi connectivity index (χ4v) is 5.55. The Morgan fingerprint density at radius 2 is 0.939 bits per heavy atom. The van der Waals surface area contributed by atoms with E-state index in [0.29, 0.717) is 12.8 Å². The number of allylic oxidation sites excluding steroid dienone is 8. The van der Waals surface area contributed by atoms with Crippen LogP contribution in [0.5, 0.6) is 0 Å². The van der Waals surface area contributed by atoms with Gasteiger partial charge in [-0.3, -0.25) is 14.1 Å². The van der Waals surface area contributed by atoms with Gasteiger partial charge < -0.3 is 19.3 Å². The Labute approximate surface area is 299 Å². The molecular weight excluding hydrogens is 639 g/mol. The lowest BCUT2D eigenvalue weighted by Gasteiger charge is -2.18. The third-order valence-corrected chi connectivity index (χ3v) is 8.59. The van der Waals surface area contributed by atoms with Crippen molar-refractivity contribution in [1.82, 2.24) is 0 Å². The SMILES string of the molecule is CCCCC/C=C/C/C=C/C/C=C/C/C=C/CCCC(=O)O[C@H](COC(=O)CCCCCCCCCCCCCCCC)COP(=O)(O)O. The fraction of sp³-hybridized carbons (Fsp3) is 0.750. The van der Waals surface area contributed by atoms with E-state index < -0.39 is 32.5 Å². The molecule has 0 aliphatic heterocycles. The topological polar surface area (TPSA) is 119 Å². The van der Waals surface area contributed by atoms with Gasteiger partial charge in [-0.15, -0.1) is 0 Å². The summed E-state index contributed by atoms with van der Waals surface area (Å²) in [7, 11) is -4.76. The molecule has 0 amide bonds. The van der Waals surface area contributed by atoms with E-state index in [1.165, 1.54) is 96.3 Å². The van der Waals surface area contributed by atoms with Crippen LogP contribution in [0, 0.1) is 0 Å². The van der Waals surface area contributed by atoms with Gasteiger partial charge in [0.05, 0.1) is 6.61 Å². The molecule has 49 heavy (non-hydrogen) atoms. The van der Waals surface area contributed by atoms with E-state index in [1.54, 1.807) is 0 Å². The van der Waals surface area contributed by atoms with Crippen LogP contribution in [0.3, 0.4) is 0 Å². The second kappa shape index (κ2) is 35.8. The molecule has 9 heteroatoms. The molecule has 0 bridgehead atoms. The van der Waals surface area contributed by atoms with Gasteiger partial charge in [-0.1, -0.05) is 159 Å². The van der Waals surface area contributed by atoms with E-state index in [-0.39, 0.29) is 19.4 Å². The maximum Gasteiger partial charge on any atom is 0.469 e. The molecular formula is C40H71O8P. The van der Waals surface area contributed by atoms with E-state index in [4.69, 9.17) is 19.3 Å². The molecule has 0 fully saturated rings.